The number of thiophene rings is 2. The van der Waals surface area contributed by atoms with Crippen molar-refractivity contribution >= 4 is 83.7 Å². The van der Waals surface area contributed by atoms with Gasteiger partial charge in [-0.25, -0.2) is 13.1 Å². The number of nitrogens with zero attached hydrogens (tertiary/aromatic N) is 4. The summed E-state index contributed by atoms with van der Waals surface area (Å²) >= 11 is 2.82. The van der Waals surface area contributed by atoms with Gasteiger partial charge in [0.05, 0.1) is 38.6 Å². The van der Waals surface area contributed by atoms with E-state index in [1.807, 2.05) is 30.3 Å². The lowest BCUT2D eigenvalue weighted by atomic mass is 9.92. The summed E-state index contributed by atoms with van der Waals surface area (Å²) in [6.45, 7) is 13.2. The highest BCUT2D eigenvalue weighted by atomic mass is 32.2. The second-order valence-corrected chi connectivity index (χ2v) is 25.3. The zero-order valence-corrected chi connectivity index (χ0v) is 49.6. The number of hydrogen-bond donors (Lipinski definition) is 10. The fourth-order valence-corrected chi connectivity index (χ4v) is 13.1. The van der Waals surface area contributed by atoms with Crippen molar-refractivity contribution in [2.75, 3.05) is 103 Å². The number of anilines is 2. The Bertz CT molecular complexity index is 3520. The Morgan fingerprint density at radius 2 is 1.05 bits per heavy atom. The van der Waals surface area contributed by atoms with E-state index in [0.717, 1.165) is 137 Å². The number of fused-ring (bicyclic) bond motifs is 2. The monoisotopic (exact) mass is 1240 g/mol. The number of nitriles is 2. The number of carbonyl (C=O) groups excluding carboxylic acids is 1. The molecule has 4 aliphatic rings. The molecule has 4 saturated heterocycles. The number of allylic oxidation sites excluding steroid dienone is 1. The van der Waals surface area contributed by atoms with Crippen molar-refractivity contribution in [3.8, 4) is 33.0 Å². The average Bonchev–Trinajstić information content (AvgIpc) is 2.80. The molecule has 10 atom stereocenters. The highest BCUT2D eigenvalue weighted by Gasteiger charge is 2.43. The predicted molar refractivity (Wildman–Crippen MR) is 334 cm³/mol. The predicted octanol–water partition coefficient (Wildman–Crippen LogP) is 5.22. The summed E-state index contributed by atoms with van der Waals surface area (Å²) in [4.78, 5) is 20.2. The van der Waals surface area contributed by atoms with Gasteiger partial charge in [-0.2, -0.15) is 10.5 Å². The summed E-state index contributed by atoms with van der Waals surface area (Å²) in [6.07, 6.45) is -7.15. The molecule has 4 aliphatic heterocycles. The number of aliphatic hydroxyl groups excluding tert-OH is 6. The Kier molecular flexibility index (Phi) is 23.4. The molecule has 24 heteroatoms. The molecule has 0 bridgehead atoms. The lowest BCUT2D eigenvalue weighted by Gasteiger charge is -2.39. The summed E-state index contributed by atoms with van der Waals surface area (Å²) < 4.78 is 49.4. The molecule has 0 radical (unpaired) electrons. The molecule has 4 fully saturated rings. The number of morpholine rings is 2. The van der Waals surface area contributed by atoms with Crippen LogP contribution < -0.4 is 20.7 Å². The molecular weight excluding hydrogens is 1160 g/mol. The third kappa shape index (κ3) is 16.9. The third-order valence-corrected chi connectivity index (χ3v) is 19.1. The van der Waals surface area contributed by atoms with Gasteiger partial charge in [0.1, 0.15) is 42.1 Å². The number of aliphatic hydroxyl groups is 6. The topological polar surface area (TPSA) is 312 Å². The largest absolute Gasteiger partial charge is 0.390 e. The van der Waals surface area contributed by atoms with E-state index in [1.165, 1.54) is 41.7 Å². The molecular formula is C62H76N8O13S3. The van der Waals surface area contributed by atoms with E-state index in [-0.39, 0.29) is 19.5 Å². The van der Waals surface area contributed by atoms with E-state index in [4.69, 9.17) is 18.9 Å². The van der Waals surface area contributed by atoms with Gasteiger partial charge >= 0.3 is 0 Å². The number of ether oxygens (including phenoxy) is 4. The van der Waals surface area contributed by atoms with Gasteiger partial charge in [-0.1, -0.05) is 57.7 Å². The molecule has 4 aromatic carbocycles. The first-order chi connectivity index (χ1) is 41.0. The minimum absolute atomic E-state index is 0. The van der Waals surface area contributed by atoms with Gasteiger partial charge in [-0.3, -0.25) is 14.6 Å². The van der Waals surface area contributed by atoms with E-state index in [1.54, 1.807) is 19.1 Å². The molecule has 0 spiro atoms. The quantitative estimate of drug-likeness (QED) is 0.0367. The van der Waals surface area contributed by atoms with Gasteiger partial charge in [-0.15, -0.1) is 22.7 Å². The second kappa shape index (κ2) is 30.6. The van der Waals surface area contributed by atoms with Gasteiger partial charge in [0.2, 0.25) is 0 Å². The van der Waals surface area contributed by atoms with Crippen molar-refractivity contribution in [2.45, 2.75) is 70.5 Å². The zero-order chi connectivity index (χ0) is 60.2. The lowest BCUT2D eigenvalue weighted by molar-refractivity contribution is -0.258. The van der Waals surface area contributed by atoms with Crippen LogP contribution in [0.2, 0.25) is 0 Å². The molecule has 86 heavy (non-hydrogen) atoms. The molecule has 1 amide bonds. The maximum atomic E-state index is 12.9. The molecule has 0 saturated carbocycles. The zero-order valence-electron chi connectivity index (χ0n) is 47.1. The van der Waals surface area contributed by atoms with Gasteiger partial charge in [-0.05, 0) is 105 Å². The summed E-state index contributed by atoms with van der Waals surface area (Å²) in [5.41, 5.74) is 4.05. The molecule has 6 heterocycles. The Morgan fingerprint density at radius 3 is 1.51 bits per heavy atom. The van der Waals surface area contributed by atoms with Gasteiger partial charge in [0.25, 0.3) is 15.9 Å². The number of sulfonamides is 1. The highest BCUT2D eigenvalue weighted by Crippen LogP contribution is 2.35. The molecule has 460 valence electrons. The van der Waals surface area contributed by atoms with Gasteiger partial charge in [0.15, 0.2) is 17.5 Å². The summed E-state index contributed by atoms with van der Waals surface area (Å²) in [5.74, 6) is -2.04. The van der Waals surface area contributed by atoms with Crippen LogP contribution in [-0.4, -0.2) is 196 Å². The standard InChI is InChI=1S/C31H36N4O6S.C30H36N4O7S2.CH4/c1-19-28(36)29(37)26(41-31(19)39)18-34-30(38)23(17-32)16-25-6-7-27(42-25)22-3-2-21-15-24(5-4-20(21)14-22)33-8-9-35-10-12-40-13-11-35;1-19-28(35)29(36)26(41-30(19)37)18-33-43(38,39)25(17-31)16-24-6-7-27(42-24)22-3-2-21-15-23(5-4-20(21)14-22)32-8-9-34-10-12-40-13-11-34;/h2-7,14-16,19,26,28-29,31,33,36-37,39H,8-13,18H2,1H3,(H,34,38);2-7,14-16,19,26,28-30,32-33,35-37H,8-13,18H2,1H3;1H4/b23-16+;25-16+;/t19-,26-,28-,29-,31?;19-,26-,28-,29-,30?;/m11./s1. The molecule has 10 rings (SSSR count). The van der Waals surface area contributed by atoms with E-state index < -0.39 is 88.4 Å². The van der Waals surface area contributed by atoms with Crippen LogP contribution in [0.1, 0.15) is 31.0 Å². The smallest absolute Gasteiger partial charge is 0.262 e. The first-order valence-electron chi connectivity index (χ1n) is 28.2. The lowest BCUT2D eigenvalue weighted by Crippen LogP contribution is -2.56. The maximum absolute atomic E-state index is 12.9. The maximum Gasteiger partial charge on any atom is 0.262 e. The minimum atomic E-state index is -4.26. The van der Waals surface area contributed by atoms with Crippen LogP contribution in [-0.2, 0) is 33.8 Å². The Morgan fingerprint density at radius 1 is 0.605 bits per heavy atom. The Hall–Kier alpha value is -6.24. The fraction of sp³-hybridized carbons (Fsp3) is 0.435. The molecule has 10 N–H and O–H groups in total. The number of amides is 1. The van der Waals surface area contributed by atoms with Crippen LogP contribution >= 0.6 is 22.7 Å². The Balaban J connectivity index is 0.000000221. The first-order valence-corrected chi connectivity index (χ1v) is 31.3. The van der Waals surface area contributed by atoms with Gasteiger partial charge < -0.3 is 65.5 Å². The number of benzene rings is 4. The average molecular weight is 1240 g/mol. The Labute approximate surface area is 509 Å². The normalized spacial score (nSPS) is 25.0. The van der Waals surface area contributed by atoms with Crippen LogP contribution in [0.4, 0.5) is 11.4 Å². The molecule has 2 unspecified atom stereocenters. The van der Waals surface area contributed by atoms with E-state index >= 15 is 0 Å². The number of carbonyl (C=O) groups is 1. The summed E-state index contributed by atoms with van der Waals surface area (Å²) in [7, 11) is -4.26. The number of rotatable bonds is 19. The second-order valence-electron chi connectivity index (χ2n) is 21.4. The van der Waals surface area contributed by atoms with Crippen LogP contribution in [0.3, 0.4) is 0 Å². The van der Waals surface area contributed by atoms with Crippen molar-refractivity contribution in [3.05, 3.63) is 117 Å². The van der Waals surface area contributed by atoms with Crippen LogP contribution in [0.25, 0.3) is 54.6 Å². The van der Waals surface area contributed by atoms with Crippen molar-refractivity contribution in [1.82, 2.24) is 19.8 Å². The van der Waals surface area contributed by atoms with Gasteiger partial charge in [0, 0.05) is 108 Å². The molecule has 0 aliphatic carbocycles. The van der Waals surface area contributed by atoms with Crippen LogP contribution in [0.5, 0.6) is 0 Å². The molecule has 6 aromatic rings. The highest BCUT2D eigenvalue weighted by molar-refractivity contribution is 7.93. The van der Waals surface area contributed by atoms with Crippen LogP contribution in [0, 0.1) is 34.5 Å². The number of hydrogen-bond acceptors (Lipinski definition) is 21. The summed E-state index contributed by atoms with van der Waals surface area (Å²) in [6, 6.07) is 36.1. The van der Waals surface area contributed by atoms with E-state index in [9.17, 15) is 54.4 Å². The van der Waals surface area contributed by atoms with Crippen molar-refractivity contribution in [1.29, 1.82) is 10.5 Å². The number of nitrogens with one attached hydrogen (secondary N) is 4. The van der Waals surface area contributed by atoms with E-state index in [0.29, 0.717) is 4.88 Å². The fourth-order valence-electron chi connectivity index (χ4n) is 10.2. The first kappa shape index (κ1) is 65.7. The van der Waals surface area contributed by atoms with Crippen molar-refractivity contribution in [2.24, 2.45) is 11.8 Å². The summed E-state index contributed by atoms with van der Waals surface area (Å²) in [5, 5.41) is 93.6. The van der Waals surface area contributed by atoms with Crippen molar-refractivity contribution < 1.29 is 62.8 Å². The van der Waals surface area contributed by atoms with Crippen LogP contribution in [0.15, 0.2) is 108 Å². The van der Waals surface area contributed by atoms with Crippen molar-refractivity contribution in [3.63, 3.8) is 0 Å². The molecule has 2 aromatic heterocycles. The third-order valence-electron chi connectivity index (χ3n) is 15.6. The molecule has 21 nitrogen and oxygen atoms in total. The minimum Gasteiger partial charge on any atom is -0.390 e. The van der Waals surface area contributed by atoms with E-state index in [2.05, 4.69) is 97.2 Å². The SMILES string of the molecule is C.C[C@H]1C(O)O[C@H](CNC(=O)/C(C#N)=C/c2ccc(-c3ccc4cc(NCCN5CCOCC5)ccc4c3)s2)[C@@H](O)[C@@H]1O.C[C@H]1C(O)O[C@H](CNS(=O)(=O)/C(C#N)=C/c2ccc(-c3ccc4cc(NCCN5CCOCC5)ccc4c3)s2)[C@@H](O)[C@@H]1O.